The molecule has 0 heterocycles. The monoisotopic (exact) mass is 350 g/mol. The molecule has 3 N–H and O–H groups in total. The molecule has 124 valence electrons. The minimum absolute atomic E-state index is 0. The molecule has 5 heteroatoms. The van der Waals surface area contributed by atoms with E-state index in [2.05, 4.69) is 36.5 Å². The van der Waals surface area contributed by atoms with E-state index in [1.54, 1.807) is 12.1 Å². The van der Waals surface area contributed by atoms with E-state index >= 15 is 0 Å². The summed E-state index contributed by atoms with van der Waals surface area (Å²) < 4.78 is 0. The second-order valence-corrected chi connectivity index (χ2v) is 6.61. The van der Waals surface area contributed by atoms with Crippen molar-refractivity contribution in [3.63, 3.8) is 0 Å². The molecule has 2 aromatic rings. The first-order valence-corrected chi connectivity index (χ1v) is 8.39. The van der Waals surface area contributed by atoms with E-state index in [0.29, 0.717) is 11.3 Å². The Morgan fingerprint density at radius 2 is 1.87 bits per heavy atom. The van der Waals surface area contributed by atoms with Crippen molar-refractivity contribution in [2.45, 2.75) is 31.7 Å². The summed E-state index contributed by atoms with van der Waals surface area (Å²) in [6.07, 6.45) is 0. The van der Waals surface area contributed by atoms with Crippen LogP contribution in [-0.4, -0.2) is 11.7 Å². The molecule has 2 aromatic carbocycles. The zero-order valence-corrected chi connectivity index (χ0v) is 15.3. The third kappa shape index (κ3) is 5.19. The largest absolute Gasteiger partial charge is 0.399 e. The quantitative estimate of drug-likeness (QED) is 0.612. The first-order chi connectivity index (χ1) is 10.5. The van der Waals surface area contributed by atoms with E-state index in [0.717, 1.165) is 16.9 Å². The van der Waals surface area contributed by atoms with E-state index < -0.39 is 0 Å². The van der Waals surface area contributed by atoms with Gasteiger partial charge in [0.2, 0.25) is 0 Å². The summed E-state index contributed by atoms with van der Waals surface area (Å²) >= 11 is 1.81. The average molecular weight is 351 g/mol. The molecule has 0 fully saturated rings. The van der Waals surface area contributed by atoms with Crippen molar-refractivity contribution in [2.24, 2.45) is 0 Å². The minimum Gasteiger partial charge on any atom is -0.399 e. The Labute approximate surface area is 148 Å². The average Bonchev–Trinajstić information content (AvgIpc) is 2.50. The molecule has 0 aliphatic heterocycles. The number of hydrogen-bond acceptors (Lipinski definition) is 3. The third-order valence-electron chi connectivity index (χ3n) is 3.54. The Morgan fingerprint density at radius 1 is 1.22 bits per heavy atom. The Morgan fingerprint density at radius 3 is 2.48 bits per heavy atom. The highest BCUT2D eigenvalue weighted by Crippen LogP contribution is 2.21. The molecule has 1 atom stereocenters. The number of aryl methyl sites for hydroxylation is 1. The van der Waals surface area contributed by atoms with Gasteiger partial charge < -0.3 is 11.1 Å². The Hall–Kier alpha value is -1.65. The van der Waals surface area contributed by atoms with Crippen molar-refractivity contribution < 1.29 is 4.79 Å². The standard InChI is InChI=1S/C18H22N2OS.ClH/c1-4-22-16-9-6-14(7-10-16)13(3)20-18(21)17-11-15(19)8-5-12(17)2;/h5-11,13H,4,19H2,1-3H3,(H,20,21);1H. The lowest BCUT2D eigenvalue weighted by Crippen LogP contribution is -2.27. The van der Waals surface area contributed by atoms with Crippen LogP contribution in [0.5, 0.6) is 0 Å². The topological polar surface area (TPSA) is 55.1 Å². The van der Waals surface area contributed by atoms with E-state index in [1.165, 1.54) is 4.90 Å². The summed E-state index contributed by atoms with van der Waals surface area (Å²) in [5, 5.41) is 3.03. The van der Waals surface area contributed by atoms with Gasteiger partial charge in [0.15, 0.2) is 0 Å². The first-order valence-electron chi connectivity index (χ1n) is 7.41. The lowest BCUT2D eigenvalue weighted by Gasteiger charge is -2.16. The van der Waals surface area contributed by atoms with Crippen molar-refractivity contribution in [2.75, 3.05) is 11.5 Å². The fourth-order valence-corrected chi connectivity index (χ4v) is 2.92. The van der Waals surface area contributed by atoms with Gasteiger partial charge in [-0.05, 0) is 55.0 Å². The molecule has 0 aliphatic carbocycles. The number of amides is 1. The fraction of sp³-hybridized carbons (Fsp3) is 0.278. The summed E-state index contributed by atoms with van der Waals surface area (Å²) in [4.78, 5) is 13.6. The van der Waals surface area contributed by atoms with Crippen molar-refractivity contribution >= 4 is 35.8 Å². The highest BCUT2D eigenvalue weighted by Gasteiger charge is 2.13. The summed E-state index contributed by atoms with van der Waals surface area (Å²) in [6.45, 7) is 6.03. The summed E-state index contributed by atoms with van der Waals surface area (Å²) in [6, 6.07) is 13.7. The van der Waals surface area contributed by atoms with Gasteiger partial charge in [-0.3, -0.25) is 4.79 Å². The molecule has 0 saturated heterocycles. The molecule has 0 spiro atoms. The minimum atomic E-state index is -0.0932. The van der Waals surface area contributed by atoms with Crippen molar-refractivity contribution in [3.05, 3.63) is 59.2 Å². The fourth-order valence-electron chi connectivity index (χ4n) is 2.26. The number of thioether (sulfide) groups is 1. The van der Waals surface area contributed by atoms with Gasteiger partial charge in [0, 0.05) is 16.1 Å². The van der Waals surface area contributed by atoms with Crippen LogP contribution in [-0.2, 0) is 0 Å². The number of anilines is 1. The van der Waals surface area contributed by atoms with Gasteiger partial charge in [0.25, 0.3) is 5.91 Å². The van der Waals surface area contributed by atoms with Gasteiger partial charge in [0.1, 0.15) is 0 Å². The van der Waals surface area contributed by atoms with Gasteiger partial charge >= 0.3 is 0 Å². The molecule has 1 unspecified atom stereocenters. The number of carbonyl (C=O) groups excluding carboxylic acids is 1. The number of nitrogen functional groups attached to an aromatic ring is 1. The van der Waals surface area contributed by atoms with Crippen molar-refractivity contribution in [1.29, 1.82) is 0 Å². The van der Waals surface area contributed by atoms with Gasteiger partial charge in [-0.1, -0.05) is 25.1 Å². The highest BCUT2D eigenvalue weighted by molar-refractivity contribution is 7.99. The van der Waals surface area contributed by atoms with E-state index in [-0.39, 0.29) is 24.4 Å². The van der Waals surface area contributed by atoms with Crippen LogP contribution < -0.4 is 11.1 Å². The Kier molecular flexibility index (Phi) is 7.46. The van der Waals surface area contributed by atoms with Crippen molar-refractivity contribution in [3.8, 4) is 0 Å². The first kappa shape index (κ1) is 19.4. The van der Waals surface area contributed by atoms with Crippen LogP contribution in [0.2, 0.25) is 0 Å². The lowest BCUT2D eigenvalue weighted by molar-refractivity contribution is 0.0939. The predicted molar refractivity (Wildman–Crippen MR) is 102 cm³/mol. The van der Waals surface area contributed by atoms with Gasteiger partial charge in [-0.2, -0.15) is 0 Å². The molecule has 23 heavy (non-hydrogen) atoms. The zero-order valence-electron chi connectivity index (χ0n) is 13.6. The molecule has 0 aromatic heterocycles. The molecule has 0 bridgehead atoms. The zero-order chi connectivity index (χ0) is 16.1. The normalized spacial score (nSPS) is 11.4. The maximum atomic E-state index is 12.4. The number of benzene rings is 2. The van der Waals surface area contributed by atoms with Gasteiger partial charge in [-0.25, -0.2) is 0 Å². The number of rotatable bonds is 5. The second-order valence-electron chi connectivity index (χ2n) is 5.27. The second kappa shape index (κ2) is 8.85. The van der Waals surface area contributed by atoms with Crippen molar-refractivity contribution in [1.82, 2.24) is 5.32 Å². The van der Waals surface area contributed by atoms with Crippen LogP contribution in [0, 0.1) is 6.92 Å². The van der Waals surface area contributed by atoms with E-state index in [9.17, 15) is 4.79 Å². The Balaban J connectivity index is 0.00000264. The van der Waals surface area contributed by atoms with E-state index in [4.69, 9.17) is 5.73 Å². The van der Waals surface area contributed by atoms with Crippen LogP contribution in [0.3, 0.4) is 0 Å². The molecule has 2 rings (SSSR count). The van der Waals surface area contributed by atoms with Crippen LogP contribution >= 0.6 is 24.2 Å². The SMILES string of the molecule is CCSc1ccc(C(C)NC(=O)c2cc(N)ccc2C)cc1.Cl. The molecular formula is C18H23ClN2OS. The number of halogens is 1. The number of hydrogen-bond donors (Lipinski definition) is 2. The molecule has 1 amide bonds. The van der Waals surface area contributed by atoms with E-state index in [1.807, 2.05) is 31.7 Å². The summed E-state index contributed by atoms with van der Waals surface area (Å²) in [7, 11) is 0. The predicted octanol–water partition coefficient (Wildman–Crippen LogP) is 4.60. The molecule has 3 nitrogen and oxygen atoms in total. The summed E-state index contributed by atoms with van der Waals surface area (Å²) in [5.74, 6) is 0.963. The molecule has 0 saturated carbocycles. The molecular weight excluding hydrogens is 328 g/mol. The van der Waals surface area contributed by atoms with Crippen LogP contribution in [0.4, 0.5) is 5.69 Å². The maximum absolute atomic E-state index is 12.4. The lowest BCUT2D eigenvalue weighted by atomic mass is 10.1. The Bertz CT molecular complexity index is 659. The number of nitrogens with one attached hydrogen (secondary N) is 1. The number of carbonyl (C=O) groups is 1. The van der Waals surface area contributed by atoms with Gasteiger partial charge in [-0.15, -0.1) is 24.2 Å². The molecule has 0 radical (unpaired) electrons. The smallest absolute Gasteiger partial charge is 0.252 e. The van der Waals surface area contributed by atoms with Crippen LogP contribution in [0.25, 0.3) is 0 Å². The highest BCUT2D eigenvalue weighted by atomic mass is 35.5. The third-order valence-corrected chi connectivity index (χ3v) is 4.44. The van der Waals surface area contributed by atoms with Crippen LogP contribution in [0.15, 0.2) is 47.4 Å². The number of nitrogens with two attached hydrogens (primary N) is 1. The molecule has 0 aliphatic rings. The summed E-state index contributed by atoms with van der Waals surface area (Å²) in [5.41, 5.74) is 9.02. The van der Waals surface area contributed by atoms with Crippen LogP contribution in [0.1, 0.15) is 41.4 Å². The van der Waals surface area contributed by atoms with Gasteiger partial charge in [0.05, 0.1) is 6.04 Å². The maximum Gasteiger partial charge on any atom is 0.252 e.